The molecule has 0 bridgehead atoms. The van der Waals surface area contributed by atoms with Crippen LogP contribution in [-0.4, -0.2) is 45.9 Å². The molecule has 0 aliphatic heterocycles. The highest BCUT2D eigenvalue weighted by Gasteiger charge is 2.23. The van der Waals surface area contributed by atoms with Crippen molar-refractivity contribution in [2.75, 3.05) is 24.7 Å². The monoisotopic (exact) mass is 552 g/mol. The Morgan fingerprint density at radius 2 is 1.87 bits per heavy atom. The maximum Gasteiger partial charge on any atom is 0.229 e. The molecule has 39 heavy (non-hydrogen) atoms. The highest BCUT2D eigenvalue weighted by Crippen LogP contribution is 2.35. The first kappa shape index (κ1) is 25.4. The molecular formula is C30H28N6OS2. The van der Waals surface area contributed by atoms with Crippen molar-refractivity contribution < 1.29 is 4.79 Å². The summed E-state index contributed by atoms with van der Waals surface area (Å²) in [5.74, 6) is 0.506. The largest absolute Gasteiger partial charge is 0.326 e. The van der Waals surface area contributed by atoms with Crippen molar-refractivity contribution in [2.24, 2.45) is 0 Å². The zero-order valence-electron chi connectivity index (χ0n) is 21.7. The van der Waals surface area contributed by atoms with E-state index in [1.54, 1.807) is 17.5 Å². The van der Waals surface area contributed by atoms with E-state index in [1.165, 1.54) is 22.5 Å². The quantitative estimate of drug-likeness (QED) is 0.236. The third-order valence-electron chi connectivity index (χ3n) is 6.89. The molecule has 0 spiro atoms. The summed E-state index contributed by atoms with van der Waals surface area (Å²) in [6.45, 7) is 0. The zero-order valence-corrected chi connectivity index (χ0v) is 23.4. The van der Waals surface area contributed by atoms with Gasteiger partial charge >= 0.3 is 0 Å². The van der Waals surface area contributed by atoms with E-state index in [0.717, 1.165) is 50.9 Å². The van der Waals surface area contributed by atoms with Crippen molar-refractivity contribution in [2.45, 2.75) is 25.3 Å². The summed E-state index contributed by atoms with van der Waals surface area (Å²) in [6, 6.07) is 20.7. The van der Waals surface area contributed by atoms with E-state index in [2.05, 4.69) is 57.8 Å². The Kier molecular flexibility index (Phi) is 7.19. The molecule has 1 aliphatic rings. The molecule has 1 aliphatic carbocycles. The van der Waals surface area contributed by atoms with E-state index in [9.17, 15) is 4.79 Å². The van der Waals surface area contributed by atoms with Crippen LogP contribution < -0.4 is 10.6 Å². The van der Waals surface area contributed by atoms with Crippen LogP contribution in [-0.2, 0) is 24.1 Å². The minimum atomic E-state index is -0.0385. The molecule has 0 radical (unpaired) electrons. The molecular weight excluding hydrogens is 525 g/mol. The first-order valence-electron chi connectivity index (χ1n) is 12.8. The summed E-state index contributed by atoms with van der Waals surface area (Å²) in [5, 5.41) is 8.38. The Hall–Kier alpha value is -3.92. The second kappa shape index (κ2) is 11.1. The third-order valence-corrected chi connectivity index (χ3v) is 8.62. The molecule has 196 valence electrons. The van der Waals surface area contributed by atoms with Crippen LogP contribution in [0.15, 0.2) is 77.8 Å². The summed E-state index contributed by atoms with van der Waals surface area (Å²) in [5.41, 5.74) is 8.88. The van der Waals surface area contributed by atoms with Crippen molar-refractivity contribution in [3.05, 3.63) is 93.8 Å². The van der Waals surface area contributed by atoms with Crippen LogP contribution in [0.3, 0.4) is 0 Å². The normalized spacial score (nSPS) is 14.4. The zero-order chi connectivity index (χ0) is 26.8. The maximum absolute atomic E-state index is 12.5. The number of hydrogen-bond acceptors (Lipinski definition) is 8. The van der Waals surface area contributed by atoms with Crippen molar-refractivity contribution in [1.82, 2.24) is 19.9 Å². The van der Waals surface area contributed by atoms with Gasteiger partial charge in [0.15, 0.2) is 0 Å². The van der Waals surface area contributed by atoms with Crippen LogP contribution in [0.2, 0.25) is 0 Å². The first-order chi connectivity index (χ1) is 19.0. The summed E-state index contributed by atoms with van der Waals surface area (Å²) < 4.78 is 0. The van der Waals surface area contributed by atoms with Crippen molar-refractivity contribution in [1.29, 1.82) is 0 Å². The van der Waals surface area contributed by atoms with E-state index in [-0.39, 0.29) is 5.91 Å². The SMILES string of the molecule is CN(C)C1Cc2ccc(Nc3nccc(-c4scnc4-c4cccc(NC(=O)Cc5cccs5)c4)n3)cc2C1. The molecule has 3 heterocycles. The molecule has 6 rings (SSSR count). The van der Waals surface area contributed by atoms with Crippen LogP contribution in [0, 0.1) is 0 Å². The summed E-state index contributed by atoms with van der Waals surface area (Å²) in [4.78, 5) is 30.7. The number of hydrogen-bond donors (Lipinski definition) is 2. The number of thiophene rings is 1. The predicted molar refractivity (Wildman–Crippen MR) is 160 cm³/mol. The minimum Gasteiger partial charge on any atom is -0.326 e. The summed E-state index contributed by atoms with van der Waals surface area (Å²) >= 11 is 3.12. The third kappa shape index (κ3) is 5.75. The highest BCUT2D eigenvalue weighted by molar-refractivity contribution is 7.13. The summed E-state index contributed by atoms with van der Waals surface area (Å²) in [6.07, 6.45) is 4.27. The molecule has 1 unspecified atom stereocenters. The molecule has 0 fully saturated rings. The molecule has 9 heteroatoms. The lowest BCUT2D eigenvalue weighted by Gasteiger charge is -2.17. The van der Waals surface area contributed by atoms with Gasteiger partial charge in [-0.3, -0.25) is 4.79 Å². The molecule has 2 aromatic carbocycles. The molecule has 3 aromatic heterocycles. The predicted octanol–water partition coefficient (Wildman–Crippen LogP) is 6.28. The Bertz CT molecular complexity index is 1610. The van der Waals surface area contributed by atoms with Gasteiger partial charge in [-0.05, 0) is 79.8 Å². The number of rotatable bonds is 8. The topological polar surface area (TPSA) is 83.0 Å². The number of amides is 1. The first-order valence-corrected chi connectivity index (χ1v) is 14.5. The van der Waals surface area contributed by atoms with Crippen molar-refractivity contribution >= 4 is 45.9 Å². The number of likely N-dealkylation sites (N-methyl/N-ethyl adjacent to an activating group) is 1. The fraction of sp³-hybridized carbons (Fsp3) is 0.200. The van der Waals surface area contributed by atoms with Gasteiger partial charge in [0.25, 0.3) is 0 Å². The van der Waals surface area contributed by atoms with E-state index < -0.39 is 0 Å². The number of carbonyl (C=O) groups is 1. The second-order valence-electron chi connectivity index (χ2n) is 9.81. The van der Waals surface area contributed by atoms with Gasteiger partial charge in [-0.25, -0.2) is 15.0 Å². The Balaban J connectivity index is 1.20. The van der Waals surface area contributed by atoms with E-state index >= 15 is 0 Å². The van der Waals surface area contributed by atoms with Gasteiger partial charge in [0.2, 0.25) is 11.9 Å². The van der Waals surface area contributed by atoms with Gasteiger partial charge in [0.1, 0.15) is 0 Å². The fourth-order valence-electron chi connectivity index (χ4n) is 4.87. The lowest BCUT2D eigenvalue weighted by Crippen LogP contribution is -2.27. The maximum atomic E-state index is 12.5. The average molecular weight is 553 g/mol. The number of nitrogens with zero attached hydrogens (tertiary/aromatic N) is 4. The van der Waals surface area contributed by atoms with Crippen LogP contribution in [0.1, 0.15) is 16.0 Å². The number of fused-ring (bicyclic) bond motifs is 1. The molecule has 1 amide bonds. The molecule has 0 saturated carbocycles. The lowest BCUT2D eigenvalue weighted by atomic mass is 10.1. The van der Waals surface area contributed by atoms with Crippen LogP contribution in [0.4, 0.5) is 17.3 Å². The second-order valence-corrected chi connectivity index (χ2v) is 11.7. The molecule has 5 aromatic rings. The van der Waals surface area contributed by atoms with Crippen LogP contribution in [0.5, 0.6) is 0 Å². The Labute approximate surface area is 235 Å². The van der Waals surface area contributed by atoms with Gasteiger partial charge < -0.3 is 15.5 Å². The minimum absolute atomic E-state index is 0.0385. The Morgan fingerprint density at radius 3 is 2.72 bits per heavy atom. The van der Waals surface area contributed by atoms with E-state index in [4.69, 9.17) is 4.98 Å². The number of anilines is 3. The smallest absolute Gasteiger partial charge is 0.229 e. The van der Waals surface area contributed by atoms with Crippen LogP contribution >= 0.6 is 22.7 Å². The molecule has 0 saturated heterocycles. The van der Waals surface area contributed by atoms with Crippen molar-refractivity contribution in [3.8, 4) is 21.8 Å². The number of benzene rings is 2. The van der Waals surface area contributed by atoms with E-state index in [0.29, 0.717) is 18.4 Å². The lowest BCUT2D eigenvalue weighted by molar-refractivity contribution is -0.115. The molecule has 1 atom stereocenters. The number of nitrogens with one attached hydrogen (secondary N) is 2. The number of thiazole rings is 1. The van der Waals surface area contributed by atoms with Gasteiger partial charge in [-0.2, -0.15) is 0 Å². The summed E-state index contributed by atoms with van der Waals surface area (Å²) in [7, 11) is 4.28. The van der Waals surface area contributed by atoms with Gasteiger partial charge in [0.05, 0.1) is 28.2 Å². The Morgan fingerprint density at radius 1 is 0.974 bits per heavy atom. The average Bonchev–Trinajstić information content (AvgIpc) is 3.70. The number of aromatic nitrogens is 3. The molecule has 2 N–H and O–H groups in total. The van der Waals surface area contributed by atoms with Gasteiger partial charge in [0, 0.05) is 34.1 Å². The van der Waals surface area contributed by atoms with E-state index in [1.807, 2.05) is 53.4 Å². The number of carbonyl (C=O) groups excluding carboxylic acids is 1. The van der Waals surface area contributed by atoms with Gasteiger partial charge in [-0.15, -0.1) is 22.7 Å². The molecule has 7 nitrogen and oxygen atoms in total. The standard InChI is InChI=1S/C30H28N6OS2/c1-36(2)24-15-19-8-9-23(14-21(19)16-24)34-30-31-11-10-26(35-30)29-28(32-18-39-29)20-5-3-6-22(13-20)33-27(37)17-25-7-4-12-38-25/h3-14,18,24H,15-17H2,1-2H3,(H,33,37)(H,31,34,35). The van der Waals surface area contributed by atoms with Gasteiger partial charge in [-0.1, -0.05) is 24.3 Å². The fourth-order valence-corrected chi connectivity index (χ4v) is 6.35. The highest BCUT2D eigenvalue weighted by atomic mass is 32.1. The van der Waals surface area contributed by atoms with Crippen LogP contribution in [0.25, 0.3) is 21.8 Å². The van der Waals surface area contributed by atoms with Crippen molar-refractivity contribution in [3.63, 3.8) is 0 Å².